The molecule has 0 saturated carbocycles. The number of nitrogens with zero attached hydrogens (tertiary/aromatic N) is 1. The van der Waals surface area contributed by atoms with Crippen LogP contribution < -0.4 is 10.0 Å². The van der Waals surface area contributed by atoms with Crippen LogP contribution in [0.25, 0.3) is 10.9 Å². The first-order chi connectivity index (χ1) is 13.6. The Morgan fingerprint density at radius 2 is 1.75 bits per heavy atom. The summed E-state index contributed by atoms with van der Waals surface area (Å²) in [5.41, 5.74) is 3.47. The lowest BCUT2D eigenvalue weighted by Gasteiger charge is -2.19. The van der Waals surface area contributed by atoms with Gasteiger partial charge in [0.25, 0.3) is 5.91 Å². The van der Waals surface area contributed by atoms with Crippen molar-refractivity contribution in [1.82, 2.24) is 10.3 Å². The molecule has 0 spiro atoms. The smallest absolute Gasteiger partial charge is 0.251 e. The number of fused-ring (bicyclic) bond motifs is 1. The highest BCUT2D eigenvalue weighted by molar-refractivity contribution is 6.31. The van der Waals surface area contributed by atoms with Crippen molar-refractivity contribution in [3.63, 3.8) is 0 Å². The normalized spacial score (nSPS) is 12.0. The molecule has 0 saturated heterocycles. The van der Waals surface area contributed by atoms with E-state index in [4.69, 9.17) is 11.6 Å². The molecule has 0 aliphatic rings. The largest absolute Gasteiger partial charge is 0.619 e. The first kappa shape index (κ1) is 18.1. The van der Waals surface area contributed by atoms with Crippen molar-refractivity contribution in [2.75, 3.05) is 6.54 Å². The molecule has 4 rings (SSSR count). The maximum Gasteiger partial charge on any atom is 0.251 e. The van der Waals surface area contributed by atoms with Crippen molar-refractivity contribution in [3.05, 3.63) is 106 Å². The second kappa shape index (κ2) is 7.74. The van der Waals surface area contributed by atoms with Crippen molar-refractivity contribution >= 4 is 28.4 Å². The molecule has 0 aliphatic heterocycles. The average Bonchev–Trinajstić information content (AvgIpc) is 3.14. The molecular formula is C22H18ClN3O2. The fraction of sp³-hybridized carbons (Fsp3) is 0.0909. The van der Waals surface area contributed by atoms with Crippen LogP contribution in [0.4, 0.5) is 0 Å². The van der Waals surface area contributed by atoms with E-state index in [1.54, 1.807) is 0 Å². The summed E-state index contributed by atoms with van der Waals surface area (Å²) in [6.07, 6.45) is 4.58. The number of carbonyl (C=O) groups excluding carboxylic acids is 1. The van der Waals surface area contributed by atoms with E-state index in [2.05, 4.69) is 16.4 Å². The number of halogens is 1. The van der Waals surface area contributed by atoms with Crippen molar-refractivity contribution in [2.45, 2.75) is 5.92 Å². The van der Waals surface area contributed by atoms with E-state index < -0.39 is 0 Å². The second-order valence-corrected chi connectivity index (χ2v) is 6.93. The third-order valence-corrected chi connectivity index (χ3v) is 5.15. The number of carbonyl (C=O) groups is 1. The van der Waals surface area contributed by atoms with Gasteiger partial charge in [0.05, 0.1) is 5.56 Å². The highest BCUT2D eigenvalue weighted by Crippen LogP contribution is 2.34. The topological polar surface area (TPSA) is 71.8 Å². The minimum absolute atomic E-state index is 0.123. The van der Waals surface area contributed by atoms with E-state index in [-0.39, 0.29) is 11.8 Å². The van der Waals surface area contributed by atoms with Gasteiger partial charge in [-0.15, -0.1) is 0 Å². The van der Waals surface area contributed by atoms with Crippen molar-refractivity contribution in [2.24, 2.45) is 0 Å². The molecule has 1 unspecified atom stereocenters. The van der Waals surface area contributed by atoms with Gasteiger partial charge < -0.3 is 15.5 Å². The number of H-pyrrole nitrogens is 1. The van der Waals surface area contributed by atoms with Crippen LogP contribution in [-0.2, 0) is 0 Å². The van der Waals surface area contributed by atoms with Crippen molar-refractivity contribution in [3.8, 4) is 0 Å². The van der Waals surface area contributed by atoms with Gasteiger partial charge in [0.15, 0.2) is 12.4 Å². The van der Waals surface area contributed by atoms with E-state index in [0.717, 1.165) is 22.0 Å². The van der Waals surface area contributed by atoms with E-state index in [1.807, 2.05) is 48.7 Å². The maximum absolute atomic E-state index is 12.5. The summed E-state index contributed by atoms with van der Waals surface area (Å²) in [5.74, 6) is -0.362. The third kappa shape index (κ3) is 3.57. The molecule has 1 amide bonds. The monoisotopic (exact) mass is 391 g/mol. The standard InChI is InChI=1S/C22H18ClN3O2/c23-20-7-3-1-5-16(20)18(19-13-24-21-8-4-2-6-17(19)21)14-25-22(27)15-9-11-26(28)12-10-15/h1-13,18,24H,14H2,(H,25,27). The molecule has 2 heterocycles. The fourth-order valence-electron chi connectivity index (χ4n) is 3.39. The minimum atomic E-state index is -0.238. The summed E-state index contributed by atoms with van der Waals surface area (Å²) in [7, 11) is 0. The van der Waals surface area contributed by atoms with Crippen LogP contribution in [0.3, 0.4) is 0 Å². The van der Waals surface area contributed by atoms with Gasteiger partial charge in [-0.25, -0.2) is 0 Å². The molecule has 140 valence electrons. The van der Waals surface area contributed by atoms with Gasteiger partial charge >= 0.3 is 0 Å². The van der Waals surface area contributed by atoms with Crippen molar-refractivity contribution in [1.29, 1.82) is 0 Å². The molecule has 2 aromatic heterocycles. The maximum atomic E-state index is 12.5. The van der Waals surface area contributed by atoms with Gasteiger partial charge in [-0.3, -0.25) is 4.79 Å². The summed E-state index contributed by atoms with van der Waals surface area (Å²) in [4.78, 5) is 15.8. The molecule has 2 N–H and O–H groups in total. The third-order valence-electron chi connectivity index (χ3n) is 4.81. The molecule has 4 aromatic rings. The van der Waals surface area contributed by atoms with E-state index in [9.17, 15) is 10.0 Å². The first-order valence-corrected chi connectivity index (χ1v) is 9.29. The zero-order valence-corrected chi connectivity index (χ0v) is 15.7. The Balaban J connectivity index is 1.67. The average molecular weight is 392 g/mol. The zero-order chi connectivity index (χ0) is 19.5. The summed E-state index contributed by atoms with van der Waals surface area (Å²) in [5, 5.41) is 15.9. The Hall–Kier alpha value is -3.31. The summed E-state index contributed by atoms with van der Waals surface area (Å²) in [6, 6.07) is 18.7. The van der Waals surface area contributed by atoms with Gasteiger partial charge in [0, 0.05) is 46.7 Å². The predicted octanol–water partition coefficient (Wildman–Crippen LogP) is 4.02. The number of hydrogen-bond acceptors (Lipinski definition) is 2. The number of nitrogens with one attached hydrogen (secondary N) is 2. The Morgan fingerprint density at radius 3 is 2.54 bits per heavy atom. The number of pyridine rings is 1. The van der Waals surface area contributed by atoms with E-state index in [1.165, 1.54) is 24.5 Å². The van der Waals surface area contributed by atoms with Crippen LogP contribution in [0.15, 0.2) is 79.3 Å². The highest BCUT2D eigenvalue weighted by Gasteiger charge is 2.21. The SMILES string of the molecule is O=C(NCC(c1ccccc1Cl)c1c[nH]c2ccccc12)c1cc[n+]([O-])cc1. The quantitative estimate of drug-likeness (QED) is 0.398. The number of rotatable bonds is 5. The first-order valence-electron chi connectivity index (χ1n) is 8.91. The molecule has 5 nitrogen and oxygen atoms in total. The Bertz CT molecular complexity index is 1120. The lowest BCUT2D eigenvalue weighted by Crippen LogP contribution is -2.30. The Labute approximate surface area is 167 Å². The molecule has 2 aromatic carbocycles. The predicted molar refractivity (Wildman–Crippen MR) is 109 cm³/mol. The van der Waals surface area contributed by atoms with Gasteiger partial charge in [-0.2, -0.15) is 4.73 Å². The van der Waals surface area contributed by atoms with Gasteiger partial charge in [0.1, 0.15) is 0 Å². The second-order valence-electron chi connectivity index (χ2n) is 6.52. The number of hydrogen-bond donors (Lipinski definition) is 2. The Kier molecular flexibility index (Phi) is 5.00. The number of amides is 1. The van der Waals surface area contributed by atoms with Crippen LogP contribution in [-0.4, -0.2) is 17.4 Å². The highest BCUT2D eigenvalue weighted by atomic mass is 35.5. The number of aromatic nitrogens is 2. The van der Waals surface area contributed by atoms with Crippen LogP contribution in [0.5, 0.6) is 0 Å². The van der Waals surface area contributed by atoms with Crippen LogP contribution in [0.2, 0.25) is 5.02 Å². The molecule has 0 radical (unpaired) electrons. The number of para-hydroxylation sites is 1. The van der Waals surface area contributed by atoms with Crippen molar-refractivity contribution < 1.29 is 9.52 Å². The molecule has 0 bridgehead atoms. The fourth-order valence-corrected chi connectivity index (χ4v) is 3.66. The molecule has 0 fully saturated rings. The van der Waals surface area contributed by atoms with Gasteiger partial charge in [-0.1, -0.05) is 48.0 Å². The number of benzene rings is 2. The van der Waals surface area contributed by atoms with Crippen LogP contribution in [0, 0.1) is 5.21 Å². The molecule has 1 atom stereocenters. The van der Waals surface area contributed by atoms with Gasteiger partial charge in [0.2, 0.25) is 0 Å². The molecule has 6 heteroatoms. The van der Waals surface area contributed by atoms with E-state index >= 15 is 0 Å². The summed E-state index contributed by atoms with van der Waals surface area (Å²) in [6.45, 7) is 0.372. The summed E-state index contributed by atoms with van der Waals surface area (Å²) < 4.78 is 0.648. The van der Waals surface area contributed by atoms with Crippen LogP contribution >= 0.6 is 11.6 Å². The molecule has 0 aliphatic carbocycles. The summed E-state index contributed by atoms with van der Waals surface area (Å²) >= 11 is 6.48. The lowest BCUT2D eigenvalue weighted by molar-refractivity contribution is -0.605. The zero-order valence-electron chi connectivity index (χ0n) is 14.9. The molecular weight excluding hydrogens is 374 g/mol. The number of aromatic amines is 1. The lowest BCUT2D eigenvalue weighted by atomic mass is 9.90. The van der Waals surface area contributed by atoms with E-state index in [0.29, 0.717) is 21.9 Å². The van der Waals surface area contributed by atoms with Gasteiger partial charge in [-0.05, 0) is 23.3 Å². The van der Waals surface area contributed by atoms with Crippen LogP contribution in [0.1, 0.15) is 27.4 Å². The minimum Gasteiger partial charge on any atom is -0.619 e. The molecule has 28 heavy (non-hydrogen) atoms. The Morgan fingerprint density at radius 1 is 1.04 bits per heavy atom.